The summed E-state index contributed by atoms with van der Waals surface area (Å²) in [4.78, 5) is 14.5. The van der Waals surface area contributed by atoms with Gasteiger partial charge in [0.1, 0.15) is 0 Å². The summed E-state index contributed by atoms with van der Waals surface area (Å²) in [5.41, 5.74) is 5.17. The molecule has 4 nitrogen and oxygen atoms in total. The van der Waals surface area contributed by atoms with Gasteiger partial charge >= 0.3 is 0 Å². The van der Waals surface area contributed by atoms with Crippen LogP contribution in [0.5, 0.6) is 0 Å². The van der Waals surface area contributed by atoms with Crippen molar-refractivity contribution >= 4 is 5.91 Å². The first-order valence-electron chi connectivity index (χ1n) is 8.41. The molecule has 128 valence electrons. The Morgan fingerprint density at radius 1 is 1.04 bits per heavy atom. The lowest BCUT2D eigenvalue weighted by Crippen LogP contribution is -2.26. The molecule has 4 heteroatoms. The maximum Gasteiger partial charge on any atom is 0.254 e. The maximum absolute atomic E-state index is 12.7. The number of amides is 1. The lowest BCUT2D eigenvalue weighted by molar-refractivity contribution is 0.0784. The SMILES string of the molecule is Cc1cccc(C(=O)N(C)Cc2cnn(Cc3ccccc3)c2)c1C. The molecule has 2 aromatic carbocycles. The van der Waals surface area contributed by atoms with Crippen molar-refractivity contribution in [2.45, 2.75) is 26.9 Å². The Hall–Kier alpha value is -2.88. The number of carbonyl (C=O) groups is 1. The molecular weight excluding hydrogens is 310 g/mol. The van der Waals surface area contributed by atoms with Crippen molar-refractivity contribution in [1.82, 2.24) is 14.7 Å². The number of aromatic nitrogens is 2. The van der Waals surface area contributed by atoms with Crippen LogP contribution >= 0.6 is 0 Å². The van der Waals surface area contributed by atoms with Gasteiger partial charge in [0.15, 0.2) is 0 Å². The smallest absolute Gasteiger partial charge is 0.254 e. The van der Waals surface area contributed by atoms with E-state index in [1.807, 2.05) is 74.4 Å². The molecule has 0 spiro atoms. The van der Waals surface area contributed by atoms with E-state index in [4.69, 9.17) is 0 Å². The highest BCUT2D eigenvalue weighted by molar-refractivity contribution is 5.95. The van der Waals surface area contributed by atoms with Crippen LogP contribution in [-0.2, 0) is 13.1 Å². The lowest BCUT2D eigenvalue weighted by Gasteiger charge is -2.18. The van der Waals surface area contributed by atoms with E-state index in [9.17, 15) is 4.79 Å². The molecule has 3 aromatic rings. The largest absolute Gasteiger partial charge is 0.337 e. The average Bonchev–Trinajstić information content (AvgIpc) is 3.04. The van der Waals surface area contributed by atoms with Crippen LogP contribution in [0.3, 0.4) is 0 Å². The first-order valence-corrected chi connectivity index (χ1v) is 8.41. The van der Waals surface area contributed by atoms with Gasteiger partial charge in [0.2, 0.25) is 0 Å². The summed E-state index contributed by atoms with van der Waals surface area (Å²) < 4.78 is 1.90. The summed E-state index contributed by atoms with van der Waals surface area (Å²) in [5, 5.41) is 4.41. The molecule has 1 heterocycles. The third kappa shape index (κ3) is 3.97. The summed E-state index contributed by atoms with van der Waals surface area (Å²) in [6.45, 7) is 5.30. The van der Waals surface area contributed by atoms with E-state index in [1.165, 1.54) is 5.56 Å². The topological polar surface area (TPSA) is 38.1 Å². The molecule has 0 bridgehead atoms. The van der Waals surface area contributed by atoms with Gasteiger partial charge in [-0.05, 0) is 36.6 Å². The normalized spacial score (nSPS) is 10.7. The number of benzene rings is 2. The number of hydrogen-bond acceptors (Lipinski definition) is 2. The number of aryl methyl sites for hydroxylation is 1. The van der Waals surface area contributed by atoms with E-state index < -0.39 is 0 Å². The van der Waals surface area contributed by atoms with E-state index in [0.717, 1.165) is 28.8 Å². The third-order valence-corrected chi connectivity index (χ3v) is 4.48. The van der Waals surface area contributed by atoms with Gasteiger partial charge in [-0.3, -0.25) is 9.48 Å². The molecule has 25 heavy (non-hydrogen) atoms. The van der Waals surface area contributed by atoms with Crippen LogP contribution in [0.1, 0.15) is 32.6 Å². The van der Waals surface area contributed by atoms with Crippen molar-refractivity contribution < 1.29 is 4.79 Å². The fourth-order valence-electron chi connectivity index (χ4n) is 2.88. The monoisotopic (exact) mass is 333 g/mol. The zero-order chi connectivity index (χ0) is 17.8. The van der Waals surface area contributed by atoms with Crippen LogP contribution in [0.4, 0.5) is 0 Å². The predicted octanol–water partition coefficient (Wildman–Crippen LogP) is 3.82. The van der Waals surface area contributed by atoms with Gasteiger partial charge in [0.05, 0.1) is 12.7 Å². The standard InChI is InChI=1S/C21H23N3O/c1-16-8-7-11-20(17(16)2)21(25)23(3)13-19-12-22-24(15-19)14-18-9-5-4-6-10-18/h4-12,15H,13-14H2,1-3H3. The Morgan fingerprint density at radius 2 is 1.80 bits per heavy atom. The fraction of sp³-hybridized carbons (Fsp3) is 0.238. The van der Waals surface area contributed by atoms with Crippen molar-refractivity contribution in [3.63, 3.8) is 0 Å². The van der Waals surface area contributed by atoms with Gasteiger partial charge < -0.3 is 4.90 Å². The molecule has 0 aliphatic carbocycles. The molecule has 0 atom stereocenters. The Balaban J connectivity index is 1.68. The van der Waals surface area contributed by atoms with Crippen molar-refractivity contribution in [2.75, 3.05) is 7.05 Å². The Labute approximate surface area is 148 Å². The van der Waals surface area contributed by atoms with Crippen LogP contribution in [0.25, 0.3) is 0 Å². The highest BCUT2D eigenvalue weighted by atomic mass is 16.2. The van der Waals surface area contributed by atoms with E-state index in [1.54, 1.807) is 4.90 Å². The number of hydrogen-bond donors (Lipinski definition) is 0. The van der Waals surface area contributed by atoms with Crippen LogP contribution < -0.4 is 0 Å². The molecule has 0 saturated heterocycles. The van der Waals surface area contributed by atoms with E-state index in [0.29, 0.717) is 6.54 Å². The summed E-state index contributed by atoms with van der Waals surface area (Å²) in [5.74, 6) is 0.0389. The summed E-state index contributed by atoms with van der Waals surface area (Å²) in [7, 11) is 1.83. The van der Waals surface area contributed by atoms with Crippen molar-refractivity contribution in [3.8, 4) is 0 Å². The second-order valence-corrected chi connectivity index (χ2v) is 6.44. The molecule has 0 radical (unpaired) electrons. The molecule has 0 N–H and O–H groups in total. The third-order valence-electron chi connectivity index (χ3n) is 4.48. The van der Waals surface area contributed by atoms with Crippen LogP contribution in [0.2, 0.25) is 0 Å². The average molecular weight is 333 g/mol. The van der Waals surface area contributed by atoms with Crippen LogP contribution in [0, 0.1) is 13.8 Å². The summed E-state index contributed by atoms with van der Waals surface area (Å²) in [6, 6.07) is 16.1. The molecule has 1 amide bonds. The van der Waals surface area contributed by atoms with Gasteiger partial charge in [-0.1, -0.05) is 42.5 Å². The molecule has 0 aliphatic rings. The van der Waals surface area contributed by atoms with Crippen molar-refractivity contribution in [1.29, 1.82) is 0 Å². The molecule has 0 aliphatic heterocycles. The number of rotatable bonds is 5. The van der Waals surface area contributed by atoms with Crippen LogP contribution in [-0.4, -0.2) is 27.6 Å². The van der Waals surface area contributed by atoms with Gasteiger partial charge in [-0.2, -0.15) is 5.10 Å². The predicted molar refractivity (Wildman–Crippen MR) is 99.5 cm³/mol. The molecule has 0 saturated carbocycles. The van der Waals surface area contributed by atoms with Gasteiger partial charge in [-0.15, -0.1) is 0 Å². The second kappa shape index (κ2) is 7.34. The number of carbonyl (C=O) groups excluding carboxylic acids is 1. The van der Waals surface area contributed by atoms with Crippen LogP contribution in [0.15, 0.2) is 60.9 Å². The minimum Gasteiger partial charge on any atom is -0.337 e. The molecule has 0 fully saturated rings. The zero-order valence-corrected chi connectivity index (χ0v) is 14.9. The van der Waals surface area contributed by atoms with E-state index in [-0.39, 0.29) is 5.91 Å². The first-order chi connectivity index (χ1) is 12.0. The summed E-state index contributed by atoms with van der Waals surface area (Å²) in [6.07, 6.45) is 3.83. The summed E-state index contributed by atoms with van der Waals surface area (Å²) >= 11 is 0. The first kappa shape index (κ1) is 17.0. The van der Waals surface area contributed by atoms with Gasteiger partial charge in [0, 0.05) is 30.9 Å². The molecule has 1 aromatic heterocycles. The van der Waals surface area contributed by atoms with E-state index in [2.05, 4.69) is 17.2 Å². The number of nitrogens with zero attached hydrogens (tertiary/aromatic N) is 3. The van der Waals surface area contributed by atoms with E-state index >= 15 is 0 Å². The quantitative estimate of drug-likeness (QED) is 0.712. The fourth-order valence-corrected chi connectivity index (χ4v) is 2.88. The Bertz CT molecular complexity index is 868. The minimum atomic E-state index is 0.0389. The molecule has 0 unspecified atom stereocenters. The Kier molecular flexibility index (Phi) is 4.98. The maximum atomic E-state index is 12.7. The second-order valence-electron chi connectivity index (χ2n) is 6.44. The Morgan fingerprint density at radius 3 is 2.56 bits per heavy atom. The minimum absolute atomic E-state index is 0.0389. The van der Waals surface area contributed by atoms with Crippen molar-refractivity contribution in [3.05, 3.63) is 88.7 Å². The highest BCUT2D eigenvalue weighted by Crippen LogP contribution is 2.16. The molecular formula is C21H23N3O. The van der Waals surface area contributed by atoms with Crippen molar-refractivity contribution in [2.24, 2.45) is 0 Å². The highest BCUT2D eigenvalue weighted by Gasteiger charge is 2.15. The van der Waals surface area contributed by atoms with Gasteiger partial charge in [-0.25, -0.2) is 0 Å². The lowest BCUT2D eigenvalue weighted by atomic mass is 10.0. The zero-order valence-electron chi connectivity index (χ0n) is 14.9. The molecule has 3 rings (SSSR count). The van der Waals surface area contributed by atoms with Gasteiger partial charge in [0.25, 0.3) is 5.91 Å².